The molecule has 0 aromatic carbocycles. The zero-order valence-electron chi connectivity index (χ0n) is 16.1. The highest BCUT2D eigenvalue weighted by Gasteiger charge is 2.49. The fourth-order valence-corrected chi connectivity index (χ4v) is 3.35. The molecular formula is C17H23F3N6O3. The van der Waals surface area contributed by atoms with Crippen molar-refractivity contribution in [3.63, 3.8) is 0 Å². The fraction of sp³-hybridized carbons (Fsp3) is 0.588. The second-order valence-electron chi connectivity index (χ2n) is 6.67. The molecule has 9 nitrogen and oxygen atoms in total. The van der Waals surface area contributed by atoms with Crippen LogP contribution in [0, 0.1) is 0 Å². The molecule has 0 saturated carbocycles. The number of hydrogen-bond donors (Lipinski definition) is 1. The van der Waals surface area contributed by atoms with E-state index in [0.717, 1.165) is 16.2 Å². The van der Waals surface area contributed by atoms with Gasteiger partial charge < -0.3 is 15.1 Å². The number of carbonyl (C=O) groups is 1. The molecule has 1 aromatic rings. The summed E-state index contributed by atoms with van der Waals surface area (Å²) in [7, 11) is 1.45. The van der Waals surface area contributed by atoms with Crippen LogP contribution in [0.4, 0.5) is 24.5 Å². The summed E-state index contributed by atoms with van der Waals surface area (Å²) in [5, 5.41) is 7.91. The number of hydroxylamine groups is 1. The Balaban J connectivity index is 2.07. The van der Waals surface area contributed by atoms with E-state index in [1.807, 2.05) is 24.0 Å². The highest BCUT2D eigenvalue weighted by molar-refractivity contribution is 5.80. The molecular weight excluding hydrogens is 393 g/mol. The van der Waals surface area contributed by atoms with E-state index in [1.165, 1.54) is 13.2 Å². The standard InChI is InChI=1S/C17H23F3N6O3/c1-3-4-5-8-25-13-12(11-22-23(2)14(13)27)26(29-15(28)17(18,19)20)16(25)24-9-6-21-7-10-24/h4-5,11,16,21H,3,6-10H2,1-2H3. The summed E-state index contributed by atoms with van der Waals surface area (Å²) in [4.78, 5) is 32.6. The number of nitrogens with one attached hydrogen (secondary N) is 1. The average molecular weight is 416 g/mol. The van der Waals surface area contributed by atoms with Crippen molar-refractivity contribution in [3.05, 3.63) is 28.7 Å². The zero-order valence-corrected chi connectivity index (χ0v) is 16.1. The predicted octanol–water partition coefficient (Wildman–Crippen LogP) is 0.582. The van der Waals surface area contributed by atoms with Crippen LogP contribution in [0.5, 0.6) is 0 Å². The van der Waals surface area contributed by atoms with E-state index < -0.39 is 24.0 Å². The molecule has 1 saturated heterocycles. The Morgan fingerprint density at radius 3 is 2.66 bits per heavy atom. The molecule has 0 amide bonds. The van der Waals surface area contributed by atoms with Gasteiger partial charge in [-0.25, -0.2) is 9.48 Å². The SMILES string of the molecule is CCC=CCN1c2c(cnn(C)c2=O)N(OC(=O)C(F)(F)F)C1N1CCNCC1. The van der Waals surface area contributed by atoms with Crippen LogP contribution >= 0.6 is 0 Å². The number of allylic oxidation sites excluding steroid dienone is 1. The van der Waals surface area contributed by atoms with Crippen molar-refractivity contribution in [1.29, 1.82) is 0 Å². The number of hydrogen-bond acceptors (Lipinski definition) is 8. The molecule has 1 atom stereocenters. The van der Waals surface area contributed by atoms with Crippen molar-refractivity contribution in [1.82, 2.24) is 20.0 Å². The lowest BCUT2D eigenvalue weighted by atomic mass is 10.3. The lowest BCUT2D eigenvalue weighted by Crippen LogP contribution is -2.61. The maximum Gasteiger partial charge on any atom is 0.493 e. The first kappa shape index (κ1) is 21.1. The lowest BCUT2D eigenvalue weighted by molar-refractivity contribution is -0.203. The summed E-state index contributed by atoms with van der Waals surface area (Å²) in [6, 6.07) is 0. The van der Waals surface area contributed by atoms with E-state index in [0.29, 0.717) is 26.2 Å². The fourth-order valence-electron chi connectivity index (χ4n) is 3.35. The lowest BCUT2D eigenvalue weighted by Gasteiger charge is -2.40. The molecule has 0 spiro atoms. The molecule has 1 unspecified atom stereocenters. The van der Waals surface area contributed by atoms with Gasteiger partial charge in [-0.3, -0.25) is 9.69 Å². The van der Waals surface area contributed by atoms with Gasteiger partial charge in [0.05, 0.1) is 6.20 Å². The Hall–Kier alpha value is -2.60. The molecule has 12 heteroatoms. The summed E-state index contributed by atoms with van der Waals surface area (Å²) in [6.45, 7) is 4.43. The first-order valence-electron chi connectivity index (χ1n) is 9.26. The van der Waals surface area contributed by atoms with Gasteiger partial charge in [0, 0.05) is 39.8 Å². The highest BCUT2D eigenvalue weighted by Crippen LogP contribution is 2.38. The van der Waals surface area contributed by atoms with Crippen LogP contribution in [0.1, 0.15) is 13.3 Å². The predicted molar refractivity (Wildman–Crippen MR) is 99.1 cm³/mol. The number of aromatic nitrogens is 2. The van der Waals surface area contributed by atoms with Crippen LogP contribution in [0.15, 0.2) is 23.1 Å². The molecule has 2 aliphatic rings. The summed E-state index contributed by atoms with van der Waals surface area (Å²) in [6.07, 6.45) is -0.342. The van der Waals surface area contributed by atoms with Crippen molar-refractivity contribution in [2.45, 2.75) is 25.8 Å². The average Bonchev–Trinajstić information content (AvgIpc) is 2.99. The number of piperazine rings is 1. The second kappa shape index (κ2) is 8.41. The molecule has 3 heterocycles. The van der Waals surface area contributed by atoms with E-state index >= 15 is 0 Å². The molecule has 0 bridgehead atoms. The summed E-state index contributed by atoms with van der Waals surface area (Å²) < 4.78 is 39.8. The van der Waals surface area contributed by atoms with Crippen molar-refractivity contribution < 1.29 is 22.8 Å². The maximum absolute atomic E-state index is 12.9. The number of nitrogens with zero attached hydrogens (tertiary/aromatic N) is 5. The van der Waals surface area contributed by atoms with Gasteiger partial charge in [0.25, 0.3) is 5.56 Å². The van der Waals surface area contributed by atoms with Crippen LogP contribution in [0.25, 0.3) is 0 Å². The van der Waals surface area contributed by atoms with Gasteiger partial charge in [-0.2, -0.15) is 23.3 Å². The molecule has 1 aromatic heterocycles. The van der Waals surface area contributed by atoms with Gasteiger partial charge in [0.1, 0.15) is 11.4 Å². The van der Waals surface area contributed by atoms with Gasteiger partial charge in [-0.05, 0) is 6.42 Å². The zero-order chi connectivity index (χ0) is 21.2. The molecule has 1 fully saturated rings. The molecule has 160 valence electrons. The van der Waals surface area contributed by atoms with Crippen LogP contribution < -0.4 is 20.8 Å². The smallest absolute Gasteiger partial charge is 0.329 e. The Bertz CT molecular complexity index is 835. The van der Waals surface area contributed by atoms with Crippen molar-refractivity contribution in [2.75, 3.05) is 42.7 Å². The van der Waals surface area contributed by atoms with Gasteiger partial charge in [-0.1, -0.05) is 19.1 Å². The van der Waals surface area contributed by atoms with Crippen molar-refractivity contribution >= 4 is 17.3 Å². The van der Waals surface area contributed by atoms with Crippen LogP contribution in [0.2, 0.25) is 0 Å². The van der Waals surface area contributed by atoms with Crippen LogP contribution in [-0.4, -0.2) is 65.8 Å². The third kappa shape index (κ3) is 4.22. The van der Waals surface area contributed by atoms with Gasteiger partial charge in [0.15, 0.2) is 6.29 Å². The summed E-state index contributed by atoms with van der Waals surface area (Å²) >= 11 is 0. The number of carbonyl (C=O) groups excluding carboxylic acids is 1. The van der Waals surface area contributed by atoms with Crippen LogP contribution in [0.3, 0.4) is 0 Å². The largest absolute Gasteiger partial charge is 0.493 e. The molecule has 3 rings (SSSR count). The number of alkyl halides is 3. The third-order valence-electron chi connectivity index (χ3n) is 4.70. The first-order chi connectivity index (χ1) is 13.8. The van der Waals surface area contributed by atoms with Crippen molar-refractivity contribution in [2.24, 2.45) is 7.05 Å². The Kier molecular flexibility index (Phi) is 6.13. The Morgan fingerprint density at radius 1 is 1.34 bits per heavy atom. The minimum absolute atomic E-state index is 0.0270. The topological polar surface area (TPSA) is 82.9 Å². The number of halogens is 3. The molecule has 2 aliphatic heterocycles. The van der Waals surface area contributed by atoms with Gasteiger partial charge >= 0.3 is 12.1 Å². The third-order valence-corrected chi connectivity index (χ3v) is 4.70. The number of anilines is 2. The molecule has 0 aliphatic carbocycles. The van der Waals surface area contributed by atoms with E-state index in [4.69, 9.17) is 4.84 Å². The van der Waals surface area contributed by atoms with Crippen LogP contribution in [-0.2, 0) is 16.7 Å². The normalized spacial score (nSPS) is 20.4. The summed E-state index contributed by atoms with van der Waals surface area (Å²) in [5.74, 6) is -2.35. The highest BCUT2D eigenvalue weighted by atomic mass is 19.4. The first-order valence-corrected chi connectivity index (χ1v) is 9.26. The monoisotopic (exact) mass is 416 g/mol. The van der Waals surface area contributed by atoms with Gasteiger partial charge in [0.2, 0.25) is 0 Å². The van der Waals surface area contributed by atoms with E-state index in [2.05, 4.69) is 10.4 Å². The molecule has 1 N–H and O–H groups in total. The maximum atomic E-state index is 12.9. The van der Waals surface area contributed by atoms with E-state index in [9.17, 15) is 22.8 Å². The Labute approximate surface area is 165 Å². The van der Waals surface area contributed by atoms with Crippen molar-refractivity contribution in [3.8, 4) is 0 Å². The Morgan fingerprint density at radius 2 is 2.03 bits per heavy atom. The summed E-state index contributed by atoms with van der Waals surface area (Å²) in [5.41, 5.74) is -0.320. The quantitative estimate of drug-likeness (QED) is 0.699. The van der Waals surface area contributed by atoms with E-state index in [1.54, 1.807) is 4.90 Å². The molecule has 29 heavy (non-hydrogen) atoms. The minimum atomic E-state index is -5.17. The van der Waals surface area contributed by atoms with E-state index in [-0.39, 0.29) is 17.9 Å². The minimum Gasteiger partial charge on any atom is -0.329 e. The van der Waals surface area contributed by atoms with Gasteiger partial charge in [-0.15, -0.1) is 0 Å². The number of rotatable bonds is 5. The second-order valence-corrected chi connectivity index (χ2v) is 6.67. The molecule has 0 radical (unpaired) electrons. The number of fused-ring (bicyclic) bond motifs is 1. The number of aryl methyl sites for hydroxylation is 1.